The van der Waals surface area contributed by atoms with Crippen molar-refractivity contribution in [3.63, 3.8) is 0 Å². The molecule has 9 nitrogen and oxygen atoms in total. The third kappa shape index (κ3) is 4.80. The van der Waals surface area contributed by atoms with Crippen molar-refractivity contribution < 1.29 is 27.2 Å². The number of alkyl halides is 3. The lowest BCUT2D eigenvalue weighted by atomic mass is 9.77. The Labute approximate surface area is 200 Å². The van der Waals surface area contributed by atoms with Crippen LogP contribution in [0.5, 0.6) is 5.88 Å². The standard InChI is InChI=1S/C20H23F3N6O3S2/c21-20(22,23)33-13-8-24-15(25-9-13)12-2-6-29(7-3-12)18-26-16(28-19(10-30)4-1-5-19)14-17(27-18)32-11-34(14)31/h8-9,12,30H,1-7,10-11H2,(H,26,27,28). The normalized spacial score (nSPS) is 22.1. The van der Waals surface area contributed by atoms with E-state index in [1.807, 2.05) is 4.90 Å². The lowest BCUT2D eigenvalue weighted by molar-refractivity contribution is -0.0328. The summed E-state index contributed by atoms with van der Waals surface area (Å²) in [6.07, 6.45) is 6.39. The number of halogens is 3. The number of thioether (sulfide) groups is 1. The maximum absolute atomic E-state index is 12.5. The Balaban J connectivity index is 1.29. The number of hydrogen-bond acceptors (Lipinski definition) is 10. The highest BCUT2D eigenvalue weighted by atomic mass is 32.2. The molecule has 1 aliphatic carbocycles. The van der Waals surface area contributed by atoms with Gasteiger partial charge in [-0.25, -0.2) is 9.97 Å². The van der Waals surface area contributed by atoms with Crippen LogP contribution in [0.2, 0.25) is 0 Å². The quantitative estimate of drug-likeness (QED) is 0.556. The molecule has 4 heterocycles. The maximum Gasteiger partial charge on any atom is 0.446 e. The molecular formula is C20H23F3N6O3S2. The fourth-order valence-electron chi connectivity index (χ4n) is 4.35. The molecule has 1 saturated carbocycles. The Morgan fingerprint density at radius 1 is 1.24 bits per heavy atom. The van der Waals surface area contributed by atoms with Crippen LogP contribution in [0.1, 0.15) is 43.8 Å². The molecule has 5 rings (SSSR count). The van der Waals surface area contributed by atoms with E-state index < -0.39 is 21.8 Å². The van der Waals surface area contributed by atoms with Gasteiger partial charge in [0.1, 0.15) is 21.5 Å². The lowest BCUT2D eigenvalue weighted by Crippen LogP contribution is -2.48. The number of piperidine rings is 1. The fourth-order valence-corrected chi connectivity index (χ4v) is 5.78. The van der Waals surface area contributed by atoms with Crippen molar-refractivity contribution in [2.75, 3.05) is 35.9 Å². The monoisotopic (exact) mass is 516 g/mol. The molecular weight excluding hydrogens is 493 g/mol. The first-order chi connectivity index (χ1) is 16.3. The minimum Gasteiger partial charge on any atom is -0.463 e. The summed E-state index contributed by atoms with van der Waals surface area (Å²) in [5.74, 6) is 1.75. The van der Waals surface area contributed by atoms with E-state index >= 15 is 0 Å². The van der Waals surface area contributed by atoms with Crippen molar-refractivity contribution in [2.45, 2.75) is 58.9 Å². The molecule has 14 heteroatoms. The molecule has 2 aromatic rings. The van der Waals surface area contributed by atoms with Gasteiger partial charge < -0.3 is 20.1 Å². The zero-order valence-electron chi connectivity index (χ0n) is 18.0. The molecule has 1 saturated heterocycles. The number of fused-ring (bicyclic) bond motifs is 1. The lowest BCUT2D eigenvalue weighted by Gasteiger charge is -2.41. The maximum atomic E-state index is 12.5. The molecule has 0 amide bonds. The number of aromatic nitrogens is 4. The summed E-state index contributed by atoms with van der Waals surface area (Å²) in [6, 6.07) is 0. The predicted octanol–water partition coefficient (Wildman–Crippen LogP) is 3.05. The Bertz CT molecular complexity index is 1070. The van der Waals surface area contributed by atoms with Crippen LogP contribution in [0, 0.1) is 0 Å². The number of hydrogen-bond donors (Lipinski definition) is 2. The average Bonchev–Trinajstić information content (AvgIpc) is 3.17. The molecule has 1 unspecified atom stereocenters. The third-order valence-electron chi connectivity index (χ3n) is 6.37. The molecule has 0 bridgehead atoms. The second-order valence-electron chi connectivity index (χ2n) is 8.62. The van der Waals surface area contributed by atoms with Gasteiger partial charge in [0.05, 0.1) is 17.0 Å². The SMILES string of the molecule is O=S1COc2nc(N3CCC(c4ncc(SC(F)(F)F)cn4)CC3)nc(NC3(CO)CCC3)c21. The molecule has 0 spiro atoms. The molecule has 34 heavy (non-hydrogen) atoms. The molecule has 0 radical (unpaired) electrons. The molecule has 2 N–H and O–H groups in total. The van der Waals surface area contributed by atoms with Gasteiger partial charge in [-0.2, -0.15) is 23.1 Å². The Kier molecular flexibility index (Phi) is 6.31. The highest BCUT2D eigenvalue weighted by Crippen LogP contribution is 2.41. The van der Waals surface area contributed by atoms with Gasteiger partial charge >= 0.3 is 5.51 Å². The van der Waals surface area contributed by atoms with E-state index in [0.717, 1.165) is 19.3 Å². The topological polar surface area (TPSA) is 113 Å². The first-order valence-electron chi connectivity index (χ1n) is 10.9. The number of aliphatic hydroxyl groups is 1. The van der Waals surface area contributed by atoms with Crippen molar-refractivity contribution in [1.82, 2.24) is 19.9 Å². The minimum atomic E-state index is -4.37. The number of ether oxygens (including phenoxy) is 1. The zero-order chi connectivity index (χ0) is 23.9. The van der Waals surface area contributed by atoms with E-state index in [9.17, 15) is 22.5 Å². The molecule has 2 aromatic heterocycles. The van der Waals surface area contributed by atoms with Crippen LogP contribution in [0.25, 0.3) is 0 Å². The van der Waals surface area contributed by atoms with Crippen molar-refractivity contribution in [3.8, 4) is 5.88 Å². The third-order valence-corrected chi connectivity index (χ3v) is 8.21. The van der Waals surface area contributed by atoms with E-state index in [-0.39, 0.29) is 35.1 Å². The summed E-state index contributed by atoms with van der Waals surface area (Å²) in [5, 5.41) is 13.2. The van der Waals surface area contributed by atoms with Gasteiger partial charge in [-0.15, -0.1) is 0 Å². The smallest absolute Gasteiger partial charge is 0.446 e. The van der Waals surface area contributed by atoms with E-state index in [4.69, 9.17) is 4.74 Å². The average molecular weight is 517 g/mol. The Hall–Kier alpha value is -2.19. The molecule has 184 valence electrons. The van der Waals surface area contributed by atoms with Crippen LogP contribution in [0.4, 0.5) is 24.9 Å². The van der Waals surface area contributed by atoms with E-state index in [0.29, 0.717) is 54.3 Å². The van der Waals surface area contributed by atoms with Crippen LogP contribution in [0.3, 0.4) is 0 Å². The van der Waals surface area contributed by atoms with Crippen LogP contribution >= 0.6 is 11.8 Å². The largest absolute Gasteiger partial charge is 0.463 e. The van der Waals surface area contributed by atoms with Gasteiger partial charge in [0, 0.05) is 31.4 Å². The van der Waals surface area contributed by atoms with Crippen LogP contribution in [-0.2, 0) is 10.8 Å². The number of rotatable bonds is 6. The van der Waals surface area contributed by atoms with Gasteiger partial charge in [-0.1, -0.05) is 0 Å². The van der Waals surface area contributed by atoms with Gasteiger partial charge in [-0.05, 0) is 43.9 Å². The molecule has 0 aromatic carbocycles. The number of anilines is 2. The van der Waals surface area contributed by atoms with Gasteiger partial charge in [0.2, 0.25) is 11.8 Å². The number of aliphatic hydroxyl groups excluding tert-OH is 1. The van der Waals surface area contributed by atoms with E-state index in [1.54, 1.807) is 0 Å². The summed E-state index contributed by atoms with van der Waals surface area (Å²) in [4.78, 5) is 19.8. The Morgan fingerprint density at radius 3 is 2.53 bits per heavy atom. The molecule has 1 atom stereocenters. The second kappa shape index (κ2) is 9.11. The van der Waals surface area contributed by atoms with Crippen LogP contribution < -0.4 is 15.0 Å². The van der Waals surface area contributed by atoms with Gasteiger partial charge in [-0.3, -0.25) is 4.21 Å². The van der Waals surface area contributed by atoms with E-state index in [1.165, 1.54) is 12.4 Å². The van der Waals surface area contributed by atoms with Crippen LogP contribution in [-0.4, -0.2) is 65.9 Å². The van der Waals surface area contributed by atoms with Gasteiger partial charge in [0.25, 0.3) is 0 Å². The highest BCUT2D eigenvalue weighted by molar-refractivity contribution is 8.00. The highest BCUT2D eigenvalue weighted by Gasteiger charge is 2.40. The summed E-state index contributed by atoms with van der Waals surface area (Å²) in [7, 11) is -1.37. The summed E-state index contributed by atoms with van der Waals surface area (Å²) in [5.41, 5.74) is -4.83. The van der Waals surface area contributed by atoms with Crippen molar-refractivity contribution >= 4 is 34.3 Å². The second-order valence-corrected chi connectivity index (χ2v) is 11.1. The predicted molar refractivity (Wildman–Crippen MR) is 119 cm³/mol. The Morgan fingerprint density at radius 2 is 1.94 bits per heavy atom. The van der Waals surface area contributed by atoms with Crippen molar-refractivity contribution in [1.29, 1.82) is 0 Å². The first kappa shape index (κ1) is 23.5. The minimum absolute atomic E-state index is 0.0181. The fraction of sp³-hybridized carbons (Fsp3) is 0.600. The summed E-state index contributed by atoms with van der Waals surface area (Å²) in [6.45, 7) is 1.15. The molecule has 2 fully saturated rings. The molecule has 3 aliphatic rings. The number of nitrogens with one attached hydrogen (secondary N) is 1. The summed E-state index contributed by atoms with van der Waals surface area (Å²) >= 11 is -0.229. The first-order valence-corrected chi connectivity index (χ1v) is 13.0. The zero-order valence-corrected chi connectivity index (χ0v) is 19.7. The van der Waals surface area contributed by atoms with Crippen molar-refractivity contribution in [2.24, 2.45) is 0 Å². The van der Waals surface area contributed by atoms with Crippen molar-refractivity contribution in [3.05, 3.63) is 18.2 Å². The summed E-state index contributed by atoms with van der Waals surface area (Å²) < 4.78 is 55.6. The van der Waals surface area contributed by atoms with Gasteiger partial charge in [0.15, 0.2) is 11.8 Å². The van der Waals surface area contributed by atoms with Crippen LogP contribution in [0.15, 0.2) is 22.2 Å². The number of nitrogens with zero attached hydrogens (tertiary/aromatic N) is 5. The van der Waals surface area contributed by atoms with E-state index in [2.05, 4.69) is 25.3 Å². The molecule has 2 aliphatic heterocycles.